The van der Waals surface area contributed by atoms with E-state index in [0.717, 1.165) is 5.41 Å². The number of rotatable bonds is 6. The van der Waals surface area contributed by atoms with Crippen LogP contribution in [-0.2, 0) is 17.1 Å². The average Bonchev–Trinajstić information content (AvgIpc) is 2.79. The summed E-state index contributed by atoms with van der Waals surface area (Å²) in [4.78, 5) is 12.7. The van der Waals surface area contributed by atoms with Crippen molar-refractivity contribution in [2.45, 2.75) is 13.8 Å². The Labute approximate surface area is 196 Å². The quantitative estimate of drug-likeness (QED) is 0.419. The molecule has 4 rings (SSSR count). The monoisotopic (exact) mass is 479 g/mol. The van der Waals surface area contributed by atoms with E-state index in [4.69, 9.17) is 4.74 Å². The van der Waals surface area contributed by atoms with Crippen molar-refractivity contribution in [2.75, 3.05) is 4.72 Å². The molecule has 1 aromatic heterocycles. The lowest BCUT2D eigenvalue weighted by atomic mass is 10.0. The Morgan fingerprint density at radius 1 is 1.06 bits per heavy atom. The van der Waals surface area contributed by atoms with Crippen LogP contribution < -0.4 is 15.0 Å². The molecule has 0 aliphatic heterocycles. The molecule has 0 radical (unpaired) electrons. The van der Waals surface area contributed by atoms with Gasteiger partial charge >= 0.3 is 0 Å². The number of ether oxygens (including phenoxy) is 1. The van der Waals surface area contributed by atoms with Gasteiger partial charge in [-0.3, -0.25) is 9.52 Å². The van der Waals surface area contributed by atoms with Crippen LogP contribution in [0.15, 0.2) is 71.4 Å². The minimum atomic E-state index is -3.87. The van der Waals surface area contributed by atoms with E-state index in [-0.39, 0.29) is 22.8 Å². The Morgan fingerprint density at radius 3 is 2.35 bits per heavy atom. The van der Waals surface area contributed by atoms with Crippen LogP contribution in [0.2, 0.25) is 0 Å². The van der Waals surface area contributed by atoms with Crippen LogP contribution in [0.4, 0.5) is 10.1 Å². The second-order valence-electron chi connectivity index (χ2n) is 7.79. The van der Waals surface area contributed by atoms with Crippen molar-refractivity contribution in [3.8, 4) is 22.8 Å². The van der Waals surface area contributed by atoms with Crippen LogP contribution in [-0.4, -0.2) is 18.2 Å². The van der Waals surface area contributed by atoms with Crippen LogP contribution in [0.25, 0.3) is 22.0 Å². The number of benzene rings is 3. The summed E-state index contributed by atoms with van der Waals surface area (Å²) in [7, 11) is -2.36. The van der Waals surface area contributed by atoms with E-state index in [1.54, 1.807) is 56.3 Å². The molecule has 34 heavy (non-hydrogen) atoms. The van der Waals surface area contributed by atoms with E-state index in [1.165, 1.54) is 23.9 Å². The molecule has 0 fully saturated rings. The van der Waals surface area contributed by atoms with Crippen LogP contribution in [0.1, 0.15) is 11.1 Å². The van der Waals surface area contributed by atoms with Crippen molar-refractivity contribution in [2.24, 2.45) is 7.05 Å². The molecule has 4 aromatic rings. The Kier molecular flexibility index (Phi) is 5.97. The molecule has 174 valence electrons. The van der Waals surface area contributed by atoms with Crippen molar-refractivity contribution in [3.05, 3.63) is 93.9 Å². The van der Waals surface area contributed by atoms with Gasteiger partial charge in [-0.1, -0.05) is 30.8 Å². The maximum absolute atomic E-state index is 13.9. The SMILES string of the molecule is C=CS(=O)(=O)Nc1cccc(Oc2c(C)cc(F)cc2C)c1-c1nn(C)c(=O)c2ccccc12. The summed E-state index contributed by atoms with van der Waals surface area (Å²) in [5.41, 5.74) is 1.69. The second kappa shape index (κ2) is 8.75. The molecule has 0 saturated carbocycles. The van der Waals surface area contributed by atoms with Crippen molar-refractivity contribution >= 4 is 26.5 Å². The summed E-state index contributed by atoms with van der Waals surface area (Å²) < 4.78 is 48.5. The number of anilines is 1. The smallest absolute Gasteiger partial charge is 0.274 e. The molecule has 0 aliphatic carbocycles. The van der Waals surface area contributed by atoms with Gasteiger partial charge in [-0.15, -0.1) is 0 Å². The van der Waals surface area contributed by atoms with Crippen molar-refractivity contribution in [3.63, 3.8) is 0 Å². The fraction of sp³-hybridized carbons (Fsp3) is 0.120. The highest BCUT2D eigenvalue weighted by atomic mass is 32.2. The molecule has 0 bridgehead atoms. The highest BCUT2D eigenvalue weighted by Gasteiger charge is 2.22. The summed E-state index contributed by atoms with van der Waals surface area (Å²) in [5, 5.41) is 6.18. The first-order valence-corrected chi connectivity index (χ1v) is 11.8. The van der Waals surface area contributed by atoms with Gasteiger partial charge < -0.3 is 4.74 Å². The minimum Gasteiger partial charge on any atom is -0.456 e. The second-order valence-corrected chi connectivity index (χ2v) is 9.41. The molecule has 0 saturated heterocycles. The molecular formula is C25H22FN3O4S. The van der Waals surface area contributed by atoms with Gasteiger partial charge in [0.2, 0.25) is 0 Å². The number of nitrogens with zero attached hydrogens (tertiary/aromatic N) is 2. The first-order valence-electron chi connectivity index (χ1n) is 10.3. The maximum atomic E-state index is 13.9. The number of aromatic nitrogens is 2. The van der Waals surface area contributed by atoms with Crippen LogP contribution in [0, 0.1) is 19.7 Å². The van der Waals surface area contributed by atoms with Gasteiger partial charge in [0.1, 0.15) is 23.0 Å². The number of aryl methyl sites for hydroxylation is 3. The number of hydrogen-bond acceptors (Lipinski definition) is 5. The number of halogens is 1. The molecular weight excluding hydrogens is 457 g/mol. The van der Waals surface area contributed by atoms with Crippen molar-refractivity contribution in [1.82, 2.24) is 9.78 Å². The predicted molar refractivity (Wildman–Crippen MR) is 131 cm³/mol. The highest BCUT2D eigenvalue weighted by molar-refractivity contribution is 7.95. The largest absolute Gasteiger partial charge is 0.456 e. The fourth-order valence-electron chi connectivity index (χ4n) is 3.79. The minimum absolute atomic E-state index is 0.186. The summed E-state index contributed by atoms with van der Waals surface area (Å²) >= 11 is 0. The number of sulfonamides is 1. The van der Waals surface area contributed by atoms with Gasteiger partial charge in [0.05, 0.1) is 16.6 Å². The van der Waals surface area contributed by atoms with E-state index >= 15 is 0 Å². The lowest BCUT2D eigenvalue weighted by Gasteiger charge is -2.19. The zero-order chi connectivity index (χ0) is 24.6. The number of hydrogen-bond donors (Lipinski definition) is 1. The molecule has 9 heteroatoms. The molecule has 0 unspecified atom stereocenters. The van der Waals surface area contributed by atoms with E-state index in [0.29, 0.717) is 38.9 Å². The number of nitrogens with one attached hydrogen (secondary N) is 1. The molecule has 0 atom stereocenters. The molecule has 1 heterocycles. The molecule has 7 nitrogen and oxygen atoms in total. The highest BCUT2D eigenvalue weighted by Crippen LogP contribution is 2.42. The Bertz CT molecular complexity index is 1590. The average molecular weight is 480 g/mol. The van der Waals surface area contributed by atoms with Gasteiger partial charge in [-0.05, 0) is 55.3 Å². The third-order valence-corrected chi connectivity index (χ3v) is 6.27. The first kappa shape index (κ1) is 23.2. The Balaban J connectivity index is 2.05. The lowest BCUT2D eigenvalue weighted by Crippen LogP contribution is -2.20. The van der Waals surface area contributed by atoms with Gasteiger partial charge in [0, 0.05) is 17.8 Å². The molecule has 1 N–H and O–H groups in total. The van der Waals surface area contributed by atoms with E-state index in [2.05, 4.69) is 16.4 Å². The van der Waals surface area contributed by atoms with Gasteiger partial charge in [0.15, 0.2) is 0 Å². The molecule has 0 aliphatic rings. The van der Waals surface area contributed by atoms with Crippen molar-refractivity contribution < 1.29 is 17.5 Å². The normalized spacial score (nSPS) is 11.4. The first-order chi connectivity index (χ1) is 16.1. The zero-order valence-electron chi connectivity index (χ0n) is 18.8. The standard InChI is InChI=1S/C25H22FN3O4S/c1-5-34(31,32)28-20-11-8-12-21(33-24-15(2)13-17(26)14-16(24)3)22(20)23-18-9-6-7-10-19(18)25(30)29(4)27-23/h5-14,28H,1H2,2-4H3. The maximum Gasteiger partial charge on any atom is 0.274 e. The molecule has 3 aromatic carbocycles. The van der Waals surface area contributed by atoms with E-state index in [1.807, 2.05) is 0 Å². The summed E-state index contributed by atoms with van der Waals surface area (Å²) in [6.07, 6.45) is 0. The summed E-state index contributed by atoms with van der Waals surface area (Å²) in [5.74, 6) is 0.319. The predicted octanol–water partition coefficient (Wildman–Crippen LogP) is 5.03. The zero-order valence-corrected chi connectivity index (χ0v) is 19.6. The van der Waals surface area contributed by atoms with E-state index in [9.17, 15) is 17.6 Å². The van der Waals surface area contributed by atoms with Crippen LogP contribution in [0.5, 0.6) is 11.5 Å². The lowest BCUT2D eigenvalue weighted by molar-refractivity contribution is 0.474. The molecule has 0 spiro atoms. The Morgan fingerprint density at radius 2 is 1.71 bits per heavy atom. The number of fused-ring (bicyclic) bond motifs is 1. The van der Waals surface area contributed by atoms with Gasteiger partial charge in [0.25, 0.3) is 15.6 Å². The van der Waals surface area contributed by atoms with Crippen LogP contribution in [0.3, 0.4) is 0 Å². The fourth-order valence-corrected chi connectivity index (χ4v) is 4.35. The Hall–Kier alpha value is -3.98. The third-order valence-electron chi connectivity index (χ3n) is 5.33. The van der Waals surface area contributed by atoms with E-state index < -0.39 is 10.0 Å². The van der Waals surface area contributed by atoms with Gasteiger partial charge in [-0.2, -0.15) is 5.10 Å². The topological polar surface area (TPSA) is 90.3 Å². The molecule has 0 amide bonds. The van der Waals surface area contributed by atoms with Crippen LogP contribution >= 0.6 is 0 Å². The third kappa shape index (κ3) is 4.29. The summed E-state index contributed by atoms with van der Waals surface area (Å²) in [6, 6.07) is 14.5. The summed E-state index contributed by atoms with van der Waals surface area (Å²) in [6.45, 7) is 6.78. The van der Waals surface area contributed by atoms with Crippen molar-refractivity contribution in [1.29, 1.82) is 0 Å². The van der Waals surface area contributed by atoms with Gasteiger partial charge in [-0.25, -0.2) is 17.5 Å².